The Kier molecular flexibility index (Phi) is 18.5. The molecule has 0 unspecified atom stereocenters. The molecule has 4 aromatic heterocycles. The van der Waals surface area contributed by atoms with Gasteiger partial charge in [0.05, 0.1) is 56.5 Å². The van der Waals surface area contributed by atoms with Crippen LogP contribution >= 0.6 is 38.6 Å². The fourth-order valence-electron chi connectivity index (χ4n) is 14.6. The minimum atomic E-state index is -0.409. The van der Waals surface area contributed by atoms with Gasteiger partial charge in [-0.3, -0.25) is 0 Å². The zero-order valence-electron chi connectivity index (χ0n) is 58.4. The minimum Gasteiger partial charge on any atom is -1.00 e. The van der Waals surface area contributed by atoms with Gasteiger partial charge in [-0.15, -0.1) is 22.7 Å². The van der Waals surface area contributed by atoms with Crippen molar-refractivity contribution in [1.29, 1.82) is 10.5 Å². The average Bonchev–Trinajstić information content (AvgIpc) is 1.52. The summed E-state index contributed by atoms with van der Waals surface area (Å²) in [6.07, 6.45) is 0. The maximum Gasteiger partial charge on any atom is 1.00 e. The van der Waals surface area contributed by atoms with Crippen LogP contribution in [0.4, 0.5) is 0 Å². The molecular weight excluding hydrogens is 1390 g/mol. The molecular formula is C92H65BBrKN4O2S2. The molecule has 0 radical (unpaired) electrons. The first kappa shape index (κ1) is 67.7. The van der Waals surface area contributed by atoms with Gasteiger partial charge in [0.15, 0.2) is 0 Å². The second kappa shape index (κ2) is 28.1. The molecule has 103 heavy (non-hydrogen) atoms. The molecule has 1 aliphatic rings. The van der Waals surface area contributed by atoms with Gasteiger partial charge < -0.3 is 19.9 Å². The van der Waals surface area contributed by atoms with Crippen LogP contribution in [0.25, 0.3) is 151 Å². The summed E-state index contributed by atoms with van der Waals surface area (Å²) < 4.78 is 23.5. The van der Waals surface area contributed by atoms with Crippen LogP contribution in [-0.2, 0) is 9.31 Å². The number of nitrogens with zero attached hydrogens (tertiary/aromatic N) is 4. The van der Waals surface area contributed by atoms with E-state index in [1.54, 1.807) is 0 Å². The van der Waals surface area contributed by atoms with E-state index in [-0.39, 0.29) is 64.0 Å². The number of hydrogen-bond donors (Lipinski definition) is 0. The number of rotatable bonds is 8. The van der Waals surface area contributed by atoms with Crippen molar-refractivity contribution < 1.29 is 62.1 Å². The SMILES string of the molecule is Brc1cccc(-c2ccccc2)c1-c1ccc2sc3ccccc3c2c1.CC1(C)OB(c2cccc(-n3c4ccccc4c4cc(C#N)ccc43)c2)OC1(C)C.N#Cc1ccc2c(c1)c1ccccc1n2-c1cccc(-c2cccc(-c3ccccc3)c2-c2ccc3sc4ccccc4c3c2)c1.[H-].[K+]. The van der Waals surface area contributed by atoms with E-state index in [1.165, 1.54) is 90.4 Å². The molecule has 0 bridgehead atoms. The molecule has 18 aromatic rings. The molecule has 11 heteroatoms. The van der Waals surface area contributed by atoms with Gasteiger partial charge >= 0.3 is 58.5 Å². The summed E-state index contributed by atoms with van der Waals surface area (Å²) in [5.41, 5.74) is 20.2. The minimum absolute atomic E-state index is 0. The van der Waals surface area contributed by atoms with Crippen molar-refractivity contribution in [3.05, 3.63) is 331 Å². The van der Waals surface area contributed by atoms with Gasteiger partial charge in [-0.1, -0.05) is 216 Å². The molecule has 1 aliphatic heterocycles. The van der Waals surface area contributed by atoms with Crippen molar-refractivity contribution in [1.82, 2.24) is 9.13 Å². The molecule has 5 heterocycles. The summed E-state index contributed by atoms with van der Waals surface area (Å²) in [5, 5.41) is 28.7. The molecule has 0 amide bonds. The Morgan fingerprint density at radius 3 is 1.26 bits per heavy atom. The first-order valence-corrected chi connectivity index (χ1v) is 36.6. The third kappa shape index (κ3) is 12.5. The van der Waals surface area contributed by atoms with Crippen LogP contribution < -0.4 is 56.8 Å². The quantitative estimate of drug-likeness (QED) is 0.142. The number of thiophene rings is 2. The van der Waals surface area contributed by atoms with E-state index in [0.29, 0.717) is 11.1 Å². The predicted octanol–water partition coefficient (Wildman–Crippen LogP) is 22.2. The summed E-state index contributed by atoms with van der Waals surface area (Å²) in [4.78, 5) is 0. The van der Waals surface area contributed by atoms with Gasteiger partial charge in [0.25, 0.3) is 0 Å². The van der Waals surface area contributed by atoms with Crippen LogP contribution in [-0.4, -0.2) is 27.5 Å². The maximum atomic E-state index is 9.62. The van der Waals surface area contributed by atoms with Crippen LogP contribution in [0.5, 0.6) is 0 Å². The number of para-hydroxylation sites is 2. The van der Waals surface area contributed by atoms with Gasteiger partial charge in [0.2, 0.25) is 0 Å². The normalized spacial score (nSPS) is 13.1. The third-order valence-electron chi connectivity index (χ3n) is 20.3. The van der Waals surface area contributed by atoms with E-state index in [9.17, 15) is 10.5 Å². The van der Waals surface area contributed by atoms with Crippen molar-refractivity contribution in [2.24, 2.45) is 0 Å². The standard InChI is InChI=1S/C43H26N2S.C25H23BN2O2.C24H15BrS.K.H/c44-27-28-20-22-40-37(24-28)35-14-4-6-18-39(35)45(40)32-13-8-12-30(25-32)34-17-9-16-33(29-10-2-1-3-11-29)43(34)31-21-23-42-38(26-31)36-15-5-7-19-41(36)46-42;1-24(2)25(3,4)30-26(29-24)18-8-7-9-19(15-18)28-22-11-6-5-10-20(22)21-14-17(16-27)12-13-23(21)28;25-21-11-6-10-18(16-7-2-1-3-8-16)24(21)17-13-14-23-20(15-17)19-9-4-5-12-22(19)26-23;;/h1-26H;5-15H,1-4H3;1-15H;;/q;;;+1;-1. The van der Waals surface area contributed by atoms with Gasteiger partial charge in [-0.2, -0.15) is 10.5 Å². The van der Waals surface area contributed by atoms with E-state index in [1.807, 2.05) is 77.3 Å². The van der Waals surface area contributed by atoms with E-state index in [0.717, 1.165) is 70.5 Å². The number of aromatic nitrogens is 2. The molecule has 0 N–H and O–H groups in total. The first-order chi connectivity index (χ1) is 49.9. The molecule has 6 nitrogen and oxygen atoms in total. The van der Waals surface area contributed by atoms with Crippen LogP contribution in [0.15, 0.2) is 320 Å². The Balaban J connectivity index is 0.000000131. The fourth-order valence-corrected chi connectivity index (χ4v) is 17.4. The van der Waals surface area contributed by atoms with Gasteiger partial charge in [-0.25, -0.2) is 0 Å². The number of nitriles is 2. The van der Waals surface area contributed by atoms with Gasteiger partial charge in [-0.05, 0) is 198 Å². The zero-order chi connectivity index (χ0) is 69.2. The van der Waals surface area contributed by atoms with Crippen molar-refractivity contribution in [2.75, 3.05) is 0 Å². The van der Waals surface area contributed by atoms with E-state index >= 15 is 0 Å². The predicted molar refractivity (Wildman–Crippen MR) is 435 cm³/mol. The fraction of sp³-hybridized carbons (Fsp3) is 0.0652. The van der Waals surface area contributed by atoms with Crippen molar-refractivity contribution in [3.8, 4) is 79.1 Å². The van der Waals surface area contributed by atoms with Crippen LogP contribution in [0.1, 0.15) is 40.2 Å². The largest absolute Gasteiger partial charge is 1.00 e. The molecule has 19 rings (SSSR count). The van der Waals surface area contributed by atoms with Crippen molar-refractivity contribution in [3.63, 3.8) is 0 Å². The van der Waals surface area contributed by atoms with E-state index in [2.05, 4.69) is 326 Å². The van der Waals surface area contributed by atoms with Crippen LogP contribution in [0.3, 0.4) is 0 Å². The van der Waals surface area contributed by atoms with Gasteiger partial charge in [0, 0.05) is 83.3 Å². The Morgan fingerprint density at radius 1 is 0.340 bits per heavy atom. The monoisotopic (exact) mass is 1450 g/mol. The van der Waals surface area contributed by atoms with E-state index < -0.39 is 7.12 Å². The number of halogens is 1. The molecule has 1 fully saturated rings. The number of hydrogen-bond acceptors (Lipinski definition) is 6. The topological polar surface area (TPSA) is 75.9 Å². The molecule has 488 valence electrons. The molecule has 1 saturated heterocycles. The van der Waals surface area contributed by atoms with Gasteiger partial charge in [0.1, 0.15) is 0 Å². The molecule has 0 aliphatic carbocycles. The second-order valence-corrected chi connectivity index (χ2v) is 29.9. The van der Waals surface area contributed by atoms with Crippen LogP contribution in [0, 0.1) is 22.7 Å². The molecule has 0 saturated carbocycles. The number of benzene rings is 14. The summed E-state index contributed by atoms with van der Waals surface area (Å²) >= 11 is 7.50. The third-order valence-corrected chi connectivity index (χ3v) is 23.2. The second-order valence-electron chi connectivity index (χ2n) is 26.9. The molecule has 14 aromatic carbocycles. The smallest absolute Gasteiger partial charge is 1.00 e. The molecule has 0 atom stereocenters. The van der Waals surface area contributed by atoms with Crippen LogP contribution in [0.2, 0.25) is 0 Å². The first-order valence-electron chi connectivity index (χ1n) is 34.2. The Hall–Kier alpha value is -9.80. The zero-order valence-corrected chi connectivity index (χ0v) is 63.7. The number of fused-ring (bicyclic) bond motifs is 12. The molecule has 0 spiro atoms. The Bertz CT molecular complexity index is 6410. The summed E-state index contributed by atoms with van der Waals surface area (Å²) in [6, 6.07) is 116. The summed E-state index contributed by atoms with van der Waals surface area (Å²) in [6.45, 7) is 8.26. The Labute approximate surface area is 659 Å². The summed E-state index contributed by atoms with van der Waals surface area (Å²) in [7, 11) is -0.409. The van der Waals surface area contributed by atoms with Crippen molar-refractivity contribution in [2.45, 2.75) is 38.9 Å². The van der Waals surface area contributed by atoms with Crippen molar-refractivity contribution >= 4 is 135 Å². The average molecular weight is 1450 g/mol. The Morgan fingerprint density at radius 2 is 0.738 bits per heavy atom. The summed E-state index contributed by atoms with van der Waals surface area (Å²) in [5.74, 6) is 0. The maximum absolute atomic E-state index is 9.62. The van der Waals surface area contributed by atoms with E-state index in [4.69, 9.17) is 9.31 Å².